The van der Waals surface area contributed by atoms with E-state index in [-0.39, 0.29) is 12.1 Å². The van der Waals surface area contributed by atoms with Crippen molar-refractivity contribution in [2.24, 2.45) is 5.73 Å². The van der Waals surface area contributed by atoms with E-state index >= 15 is 0 Å². The largest absolute Gasteiger partial charge is 0.490 e. The van der Waals surface area contributed by atoms with E-state index in [0.29, 0.717) is 11.6 Å². The third-order valence-corrected chi connectivity index (χ3v) is 2.75. The molecule has 0 saturated heterocycles. The van der Waals surface area contributed by atoms with Crippen LogP contribution in [0.25, 0.3) is 0 Å². The van der Waals surface area contributed by atoms with E-state index in [1.165, 1.54) is 0 Å². The second kappa shape index (κ2) is 6.84. The van der Waals surface area contributed by atoms with Gasteiger partial charge in [0.2, 0.25) is 0 Å². The van der Waals surface area contributed by atoms with Gasteiger partial charge in [0.1, 0.15) is 5.75 Å². The van der Waals surface area contributed by atoms with E-state index in [4.69, 9.17) is 26.8 Å². The van der Waals surface area contributed by atoms with Gasteiger partial charge >= 0.3 is 0 Å². The van der Waals surface area contributed by atoms with Gasteiger partial charge in [-0.2, -0.15) is 0 Å². The fourth-order valence-corrected chi connectivity index (χ4v) is 1.72. The third kappa shape index (κ3) is 4.54. The molecule has 1 aromatic carbocycles. The molecule has 0 heterocycles. The Hall–Kier alpha value is -0.770. The number of methoxy groups -OCH3 is 1. The average Bonchev–Trinajstić information content (AvgIpc) is 2.28. The quantitative estimate of drug-likeness (QED) is 0.851. The lowest BCUT2D eigenvalue weighted by molar-refractivity contribution is 0.134. The first-order valence-corrected chi connectivity index (χ1v) is 6.13. The molecule has 4 heteroatoms. The molecular weight excluding hydrogens is 238 g/mol. The number of ether oxygens (including phenoxy) is 2. The highest BCUT2D eigenvalue weighted by Gasteiger charge is 2.11. The smallest absolute Gasteiger partial charge is 0.124 e. The van der Waals surface area contributed by atoms with Crippen LogP contribution in [-0.2, 0) is 4.74 Å². The monoisotopic (exact) mass is 257 g/mol. The number of benzene rings is 1. The summed E-state index contributed by atoms with van der Waals surface area (Å²) >= 11 is 5.95. The normalized spacial score (nSPS) is 14.4. The van der Waals surface area contributed by atoms with Crippen molar-refractivity contribution < 1.29 is 9.47 Å². The predicted molar refractivity (Wildman–Crippen MR) is 70.6 cm³/mol. The summed E-state index contributed by atoms with van der Waals surface area (Å²) < 4.78 is 10.9. The van der Waals surface area contributed by atoms with Crippen LogP contribution in [0, 0.1) is 0 Å². The summed E-state index contributed by atoms with van der Waals surface area (Å²) in [6.07, 6.45) is 0.936. The molecule has 96 valence electrons. The van der Waals surface area contributed by atoms with E-state index in [2.05, 4.69) is 0 Å². The van der Waals surface area contributed by atoms with E-state index < -0.39 is 0 Å². The summed E-state index contributed by atoms with van der Waals surface area (Å²) in [5.74, 6) is 0.799. The van der Waals surface area contributed by atoms with Crippen LogP contribution >= 0.6 is 11.6 Å². The van der Waals surface area contributed by atoms with Crippen LogP contribution in [0.2, 0.25) is 5.02 Å². The molecule has 3 nitrogen and oxygen atoms in total. The molecule has 0 aromatic heterocycles. The lowest BCUT2D eigenvalue weighted by Gasteiger charge is -2.19. The summed E-state index contributed by atoms with van der Waals surface area (Å²) in [6, 6.07) is 5.43. The SMILES string of the molecule is COCCC(C)Oc1ccc(Cl)cc1[C@H](C)N. The molecule has 0 fully saturated rings. The molecule has 1 unspecified atom stereocenters. The Morgan fingerprint density at radius 3 is 2.65 bits per heavy atom. The molecule has 0 aliphatic heterocycles. The fourth-order valence-electron chi connectivity index (χ4n) is 1.54. The van der Waals surface area contributed by atoms with Crippen molar-refractivity contribution >= 4 is 11.6 Å². The zero-order valence-electron chi connectivity index (χ0n) is 10.6. The Labute approximate surface area is 108 Å². The Balaban J connectivity index is 2.76. The van der Waals surface area contributed by atoms with Crippen LogP contribution in [0.4, 0.5) is 0 Å². The maximum atomic E-state index is 5.95. The van der Waals surface area contributed by atoms with Gasteiger partial charge in [0, 0.05) is 36.8 Å². The Morgan fingerprint density at radius 1 is 1.35 bits per heavy atom. The first-order valence-electron chi connectivity index (χ1n) is 5.75. The molecule has 0 spiro atoms. The molecule has 2 atom stereocenters. The van der Waals surface area contributed by atoms with Crippen molar-refractivity contribution in [3.63, 3.8) is 0 Å². The van der Waals surface area contributed by atoms with Crippen molar-refractivity contribution in [1.29, 1.82) is 0 Å². The van der Waals surface area contributed by atoms with Crippen molar-refractivity contribution in [2.75, 3.05) is 13.7 Å². The van der Waals surface area contributed by atoms with Gasteiger partial charge < -0.3 is 15.2 Å². The maximum Gasteiger partial charge on any atom is 0.124 e. The summed E-state index contributed by atoms with van der Waals surface area (Å²) in [6.45, 7) is 4.61. The summed E-state index contributed by atoms with van der Waals surface area (Å²) in [5.41, 5.74) is 6.83. The lowest BCUT2D eigenvalue weighted by Crippen LogP contribution is -2.16. The van der Waals surface area contributed by atoms with Gasteiger partial charge in [-0.15, -0.1) is 0 Å². The highest BCUT2D eigenvalue weighted by Crippen LogP contribution is 2.28. The number of nitrogens with two attached hydrogens (primary N) is 1. The van der Waals surface area contributed by atoms with Crippen LogP contribution in [0.5, 0.6) is 5.75 Å². The summed E-state index contributed by atoms with van der Waals surface area (Å²) in [4.78, 5) is 0. The number of halogens is 1. The minimum absolute atomic E-state index is 0.0913. The van der Waals surface area contributed by atoms with Gasteiger partial charge in [0.05, 0.1) is 6.10 Å². The number of hydrogen-bond donors (Lipinski definition) is 1. The highest BCUT2D eigenvalue weighted by molar-refractivity contribution is 6.30. The van der Waals surface area contributed by atoms with Gasteiger partial charge in [0.25, 0.3) is 0 Å². The highest BCUT2D eigenvalue weighted by atomic mass is 35.5. The topological polar surface area (TPSA) is 44.5 Å². The molecule has 1 aromatic rings. The maximum absolute atomic E-state index is 5.95. The Bertz CT molecular complexity index is 355. The second-order valence-electron chi connectivity index (χ2n) is 4.18. The Kier molecular flexibility index (Phi) is 5.75. The molecule has 0 saturated carbocycles. The molecule has 0 aliphatic carbocycles. The minimum Gasteiger partial charge on any atom is -0.490 e. The molecule has 1 rings (SSSR count). The van der Waals surface area contributed by atoms with Gasteiger partial charge in [-0.3, -0.25) is 0 Å². The Morgan fingerprint density at radius 2 is 2.06 bits per heavy atom. The van der Waals surface area contributed by atoms with Crippen LogP contribution in [0.1, 0.15) is 31.9 Å². The first-order chi connectivity index (χ1) is 8.04. The van der Waals surface area contributed by atoms with E-state index in [1.54, 1.807) is 7.11 Å². The van der Waals surface area contributed by atoms with Crippen molar-refractivity contribution in [3.8, 4) is 5.75 Å². The van der Waals surface area contributed by atoms with Crippen LogP contribution < -0.4 is 10.5 Å². The van der Waals surface area contributed by atoms with Crippen LogP contribution in [-0.4, -0.2) is 19.8 Å². The third-order valence-electron chi connectivity index (χ3n) is 2.52. The zero-order valence-corrected chi connectivity index (χ0v) is 11.3. The molecule has 0 aliphatic rings. The minimum atomic E-state index is -0.0988. The summed E-state index contributed by atoms with van der Waals surface area (Å²) in [5, 5.41) is 0.675. The molecule has 0 radical (unpaired) electrons. The van der Waals surface area contributed by atoms with Crippen LogP contribution in [0.15, 0.2) is 18.2 Å². The first kappa shape index (κ1) is 14.3. The van der Waals surface area contributed by atoms with E-state index in [9.17, 15) is 0 Å². The molecule has 2 N–H and O–H groups in total. The van der Waals surface area contributed by atoms with Gasteiger partial charge in [-0.25, -0.2) is 0 Å². The number of hydrogen-bond acceptors (Lipinski definition) is 3. The van der Waals surface area contributed by atoms with E-state index in [0.717, 1.165) is 17.7 Å². The van der Waals surface area contributed by atoms with Gasteiger partial charge in [0.15, 0.2) is 0 Å². The fraction of sp³-hybridized carbons (Fsp3) is 0.538. The van der Waals surface area contributed by atoms with Crippen LogP contribution in [0.3, 0.4) is 0 Å². The van der Waals surface area contributed by atoms with Crippen molar-refractivity contribution in [2.45, 2.75) is 32.4 Å². The van der Waals surface area contributed by atoms with Crippen molar-refractivity contribution in [3.05, 3.63) is 28.8 Å². The van der Waals surface area contributed by atoms with E-state index in [1.807, 2.05) is 32.0 Å². The standard InChI is InChI=1S/C13H20ClNO2/c1-9(6-7-16-3)17-13-5-4-11(14)8-12(13)10(2)15/h4-5,8-10H,6-7,15H2,1-3H3/t9?,10-/m0/s1. The molecule has 0 amide bonds. The number of rotatable bonds is 6. The van der Waals surface area contributed by atoms with Crippen molar-refractivity contribution in [1.82, 2.24) is 0 Å². The zero-order chi connectivity index (χ0) is 12.8. The molecule has 0 bridgehead atoms. The predicted octanol–water partition coefficient (Wildman–Crippen LogP) is 3.16. The lowest BCUT2D eigenvalue weighted by atomic mass is 10.1. The van der Waals surface area contributed by atoms with Gasteiger partial charge in [-0.05, 0) is 32.0 Å². The molecule has 17 heavy (non-hydrogen) atoms. The molecular formula is C13H20ClNO2. The second-order valence-corrected chi connectivity index (χ2v) is 4.62. The van der Waals surface area contributed by atoms with Gasteiger partial charge in [-0.1, -0.05) is 11.6 Å². The summed E-state index contributed by atoms with van der Waals surface area (Å²) in [7, 11) is 1.68. The average molecular weight is 258 g/mol.